The van der Waals surface area contributed by atoms with E-state index in [9.17, 15) is 0 Å². The number of benzene rings is 1. The second kappa shape index (κ2) is 8.66. The standard InChI is InChI=1S/C23H33N3O2/c1-16-6-7-18-20(12-16)25-21-13-17(15-28-11-10-26-8-4-5-9-26)22(27-3)14-19(21)23(18)24-2/h13-14,16H,4-12,15H2,1-3H3,(H,24,25). The number of rotatable bonds is 7. The van der Waals surface area contributed by atoms with Gasteiger partial charge in [-0.05, 0) is 68.8 Å². The molecule has 1 aromatic heterocycles. The first-order chi connectivity index (χ1) is 13.7. The third kappa shape index (κ3) is 3.96. The van der Waals surface area contributed by atoms with Crippen molar-refractivity contribution in [2.24, 2.45) is 5.92 Å². The maximum absolute atomic E-state index is 5.99. The van der Waals surface area contributed by atoms with E-state index in [2.05, 4.69) is 29.3 Å². The summed E-state index contributed by atoms with van der Waals surface area (Å²) in [7, 11) is 3.75. The molecule has 2 aromatic rings. The maximum Gasteiger partial charge on any atom is 0.125 e. The molecule has 1 atom stereocenters. The number of hydrogen-bond acceptors (Lipinski definition) is 5. The Labute approximate surface area is 168 Å². The van der Waals surface area contributed by atoms with Gasteiger partial charge in [0.15, 0.2) is 0 Å². The number of aromatic nitrogens is 1. The molecule has 4 rings (SSSR count). The molecular weight excluding hydrogens is 350 g/mol. The van der Waals surface area contributed by atoms with E-state index < -0.39 is 0 Å². The number of methoxy groups -OCH3 is 1. The Morgan fingerprint density at radius 3 is 2.82 bits per heavy atom. The van der Waals surface area contributed by atoms with E-state index in [1.165, 1.54) is 49.3 Å². The van der Waals surface area contributed by atoms with Gasteiger partial charge in [-0.2, -0.15) is 0 Å². The Balaban J connectivity index is 1.58. The first-order valence-corrected chi connectivity index (χ1v) is 10.7. The van der Waals surface area contributed by atoms with E-state index in [1.54, 1.807) is 7.11 Å². The van der Waals surface area contributed by atoms with Crippen molar-refractivity contribution >= 4 is 16.6 Å². The van der Waals surface area contributed by atoms with E-state index in [-0.39, 0.29) is 0 Å². The minimum atomic E-state index is 0.566. The molecule has 0 radical (unpaired) electrons. The highest BCUT2D eigenvalue weighted by molar-refractivity contribution is 5.95. The van der Waals surface area contributed by atoms with E-state index in [0.29, 0.717) is 12.5 Å². The van der Waals surface area contributed by atoms with Crippen molar-refractivity contribution in [3.63, 3.8) is 0 Å². The molecule has 0 saturated carbocycles. The van der Waals surface area contributed by atoms with Crippen LogP contribution < -0.4 is 10.1 Å². The fourth-order valence-electron chi connectivity index (χ4n) is 4.66. The number of nitrogens with zero attached hydrogens (tertiary/aromatic N) is 2. The van der Waals surface area contributed by atoms with Gasteiger partial charge in [-0.25, -0.2) is 0 Å². The molecule has 1 N–H and O–H groups in total. The summed E-state index contributed by atoms with van der Waals surface area (Å²) in [5.41, 5.74) is 5.96. The average Bonchev–Trinajstić information content (AvgIpc) is 3.22. The van der Waals surface area contributed by atoms with E-state index in [1.807, 2.05) is 7.05 Å². The molecule has 2 heterocycles. The van der Waals surface area contributed by atoms with Gasteiger partial charge in [0.1, 0.15) is 5.75 Å². The SMILES string of the molecule is CNc1c2c(nc3cc(COCCN4CCCC4)c(OC)cc13)CC(C)CC2. The molecule has 5 heteroatoms. The maximum atomic E-state index is 5.99. The molecule has 152 valence electrons. The van der Waals surface area contributed by atoms with Gasteiger partial charge in [0.2, 0.25) is 0 Å². The van der Waals surface area contributed by atoms with E-state index >= 15 is 0 Å². The first-order valence-electron chi connectivity index (χ1n) is 10.7. The number of anilines is 1. The summed E-state index contributed by atoms with van der Waals surface area (Å²) in [6.07, 6.45) is 6.03. The fraction of sp³-hybridized carbons (Fsp3) is 0.609. The molecule has 1 aliphatic carbocycles. The van der Waals surface area contributed by atoms with Crippen LogP contribution in [-0.2, 0) is 24.2 Å². The highest BCUT2D eigenvalue weighted by Crippen LogP contribution is 2.37. The van der Waals surface area contributed by atoms with E-state index in [0.717, 1.165) is 48.2 Å². The van der Waals surface area contributed by atoms with Crippen LogP contribution in [-0.4, -0.2) is 50.3 Å². The summed E-state index contributed by atoms with van der Waals surface area (Å²) < 4.78 is 11.7. The van der Waals surface area contributed by atoms with Gasteiger partial charge >= 0.3 is 0 Å². The molecule has 0 bridgehead atoms. The van der Waals surface area contributed by atoms with Crippen LogP contribution in [0.1, 0.15) is 43.0 Å². The topological polar surface area (TPSA) is 46.6 Å². The van der Waals surface area contributed by atoms with Crippen LogP contribution >= 0.6 is 0 Å². The summed E-state index contributed by atoms with van der Waals surface area (Å²) in [6.45, 7) is 7.09. The van der Waals surface area contributed by atoms with Gasteiger partial charge in [-0.3, -0.25) is 4.98 Å². The number of likely N-dealkylation sites (tertiary alicyclic amines) is 1. The molecule has 1 fully saturated rings. The van der Waals surface area contributed by atoms with Crippen molar-refractivity contribution in [3.8, 4) is 5.75 Å². The van der Waals surface area contributed by atoms with Gasteiger partial charge in [0.25, 0.3) is 0 Å². The van der Waals surface area contributed by atoms with Gasteiger partial charge in [0.05, 0.1) is 25.8 Å². The third-order valence-corrected chi connectivity index (χ3v) is 6.26. The lowest BCUT2D eigenvalue weighted by Crippen LogP contribution is -2.23. The second-order valence-electron chi connectivity index (χ2n) is 8.29. The van der Waals surface area contributed by atoms with E-state index in [4.69, 9.17) is 14.5 Å². The van der Waals surface area contributed by atoms with Crippen molar-refractivity contribution in [2.75, 3.05) is 45.7 Å². The molecule has 2 aliphatic rings. The van der Waals surface area contributed by atoms with Gasteiger partial charge in [0, 0.05) is 35.9 Å². The lowest BCUT2D eigenvalue weighted by Gasteiger charge is -2.25. The quantitative estimate of drug-likeness (QED) is 0.732. The van der Waals surface area contributed by atoms with Crippen LogP contribution in [0.4, 0.5) is 5.69 Å². The van der Waals surface area contributed by atoms with Crippen LogP contribution in [0.5, 0.6) is 5.75 Å². The summed E-state index contributed by atoms with van der Waals surface area (Å²) in [5, 5.41) is 4.58. The minimum Gasteiger partial charge on any atom is -0.496 e. The zero-order valence-corrected chi connectivity index (χ0v) is 17.5. The van der Waals surface area contributed by atoms with Crippen molar-refractivity contribution in [2.45, 2.75) is 45.6 Å². The minimum absolute atomic E-state index is 0.566. The number of ether oxygens (including phenoxy) is 2. The number of nitrogens with one attached hydrogen (secondary N) is 1. The second-order valence-corrected chi connectivity index (χ2v) is 8.29. The van der Waals surface area contributed by atoms with Crippen molar-refractivity contribution in [1.29, 1.82) is 0 Å². The average molecular weight is 384 g/mol. The molecule has 1 unspecified atom stereocenters. The molecule has 0 amide bonds. The number of pyridine rings is 1. The molecule has 28 heavy (non-hydrogen) atoms. The summed E-state index contributed by atoms with van der Waals surface area (Å²) in [4.78, 5) is 7.52. The molecule has 1 aromatic carbocycles. The van der Waals surface area contributed by atoms with Gasteiger partial charge in [-0.15, -0.1) is 0 Å². The fourth-order valence-corrected chi connectivity index (χ4v) is 4.66. The zero-order valence-electron chi connectivity index (χ0n) is 17.5. The molecule has 0 spiro atoms. The Morgan fingerprint density at radius 2 is 2.07 bits per heavy atom. The monoisotopic (exact) mass is 383 g/mol. The summed E-state index contributed by atoms with van der Waals surface area (Å²) in [5.74, 6) is 1.59. The lowest BCUT2D eigenvalue weighted by molar-refractivity contribution is 0.0979. The third-order valence-electron chi connectivity index (χ3n) is 6.26. The van der Waals surface area contributed by atoms with Gasteiger partial charge < -0.3 is 19.7 Å². The molecular formula is C23H33N3O2. The van der Waals surface area contributed by atoms with Gasteiger partial charge in [-0.1, -0.05) is 6.92 Å². The highest BCUT2D eigenvalue weighted by atomic mass is 16.5. The molecule has 1 saturated heterocycles. The lowest BCUT2D eigenvalue weighted by atomic mass is 9.86. The van der Waals surface area contributed by atoms with Crippen LogP contribution in [0.15, 0.2) is 12.1 Å². The number of hydrogen-bond donors (Lipinski definition) is 1. The molecule has 5 nitrogen and oxygen atoms in total. The van der Waals surface area contributed by atoms with Crippen molar-refractivity contribution < 1.29 is 9.47 Å². The summed E-state index contributed by atoms with van der Waals surface area (Å²) in [6, 6.07) is 4.29. The normalized spacial score (nSPS) is 19.8. The summed E-state index contributed by atoms with van der Waals surface area (Å²) >= 11 is 0. The Hall–Kier alpha value is -1.85. The highest BCUT2D eigenvalue weighted by Gasteiger charge is 2.22. The van der Waals surface area contributed by atoms with Crippen LogP contribution in [0.2, 0.25) is 0 Å². The number of fused-ring (bicyclic) bond motifs is 2. The Morgan fingerprint density at radius 1 is 1.25 bits per heavy atom. The van der Waals surface area contributed by atoms with Crippen molar-refractivity contribution in [1.82, 2.24) is 9.88 Å². The van der Waals surface area contributed by atoms with Crippen LogP contribution in [0, 0.1) is 5.92 Å². The van der Waals surface area contributed by atoms with Crippen molar-refractivity contribution in [3.05, 3.63) is 29.0 Å². The zero-order chi connectivity index (χ0) is 19.5. The Bertz CT molecular complexity index is 830. The van der Waals surface area contributed by atoms with Crippen LogP contribution in [0.3, 0.4) is 0 Å². The molecule has 1 aliphatic heterocycles. The smallest absolute Gasteiger partial charge is 0.125 e. The predicted octanol–water partition coefficient (Wildman–Crippen LogP) is 4.02. The Kier molecular flexibility index (Phi) is 6.02. The first kappa shape index (κ1) is 19.5. The predicted molar refractivity (Wildman–Crippen MR) is 114 cm³/mol. The van der Waals surface area contributed by atoms with Crippen LogP contribution in [0.25, 0.3) is 10.9 Å². The largest absolute Gasteiger partial charge is 0.496 e.